The topological polar surface area (TPSA) is 109 Å². The fourth-order valence-electron chi connectivity index (χ4n) is 1.99. The van der Waals surface area contributed by atoms with Crippen LogP contribution in [0.3, 0.4) is 0 Å². The van der Waals surface area contributed by atoms with Crippen molar-refractivity contribution in [2.45, 2.75) is 10.3 Å². The molecule has 0 aromatic heterocycles. The number of rotatable bonds is 2. The largest absolute Gasteiger partial charge is 0.306 e. The van der Waals surface area contributed by atoms with Gasteiger partial charge in [-0.25, -0.2) is 4.39 Å². The average Bonchev–Trinajstić information content (AvgIpc) is 2.25. The zero-order valence-corrected chi connectivity index (χ0v) is 10.9. The first-order valence-electron chi connectivity index (χ1n) is 4.98. The number of hydrogen-bond acceptors (Lipinski definition) is 4. The Bertz CT molecular complexity index is 752. The summed E-state index contributed by atoms with van der Waals surface area (Å²) >= 11 is 0. The van der Waals surface area contributed by atoms with Gasteiger partial charge in [0.05, 0.1) is 0 Å². The molecule has 0 heterocycles. The van der Waals surface area contributed by atoms with Gasteiger partial charge in [0, 0.05) is 0 Å². The van der Waals surface area contributed by atoms with Crippen molar-refractivity contribution >= 4 is 26.3 Å². The van der Waals surface area contributed by atoms with Crippen molar-refractivity contribution in [3.8, 4) is 0 Å². The smallest absolute Gasteiger partial charge is 0.285 e. The fraction of sp³-hybridized carbons (Fsp3) is 0.200. The van der Waals surface area contributed by atoms with Crippen LogP contribution in [0.15, 0.2) is 30.3 Å². The molecule has 6 nitrogen and oxygen atoms in total. The molecule has 1 aromatic rings. The average molecular weight is 308 g/mol. The lowest BCUT2D eigenvalue weighted by Crippen LogP contribution is -2.43. The van der Waals surface area contributed by atoms with Crippen LogP contribution in [0.5, 0.6) is 0 Å². The van der Waals surface area contributed by atoms with Gasteiger partial charge in [-0.3, -0.25) is 9.11 Å². The molecule has 104 valence electrons. The summed E-state index contributed by atoms with van der Waals surface area (Å²) in [7, 11) is -10.5. The standard InChI is InChI=1S/C10H9FO6S2/c11-10(19(15,16)17)6-5-7-3-1-2-4-8(7)9(10)18(12,13)14/h1-6,9H,(H,12,13,14)(H,15,16,17). The predicted octanol–water partition coefficient (Wildman–Crippen LogP) is 1.20. The van der Waals surface area contributed by atoms with Gasteiger partial charge in [-0.2, -0.15) is 16.8 Å². The van der Waals surface area contributed by atoms with Gasteiger partial charge in [-0.15, -0.1) is 0 Å². The van der Waals surface area contributed by atoms with E-state index in [4.69, 9.17) is 9.11 Å². The van der Waals surface area contributed by atoms with E-state index in [0.29, 0.717) is 6.08 Å². The van der Waals surface area contributed by atoms with Crippen LogP contribution in [-0.4, -0.2) is 30.9 Å². The lowest BCUT2D eigenvalue weighted by atomic mass is 9.95. The summed E-state index contributed by atoms with van der Waals surface area (Å²) < 4.78 is 77.4. The Labute approximate surface area is 109 Å². The van der Waals surface area contributed by atoms with Crippen molar-refractivity contribution in [2.24, 2.45) is 0 Å². The molecule has 9 heteroatoms. The van der Waals surface area contributed by atoms with Gasteiger partial charge in [0.15, 0.2) is 5.25 Å². The molecular weight excluding hydrogens is 299 g/mol. The second kappa shape index (κ2) is 4.10. The Balaban J connectivity index is 2.83. The number of benzene rings is 1. The number of alkyl halides is 1. The Morgan fingerprint density at radius 2 is 1.68 bits per heavy atom. The second-order valence-corrected chi connectivity index (χ2v) is 7.11. The van der Waals surface area contributed by atoms with Crippen molar-refractivity contribution < 1.29 is 30.3 Å². The summed E-state index contributed by atoms with van der Waals surface area (Å²) in [4.78, 5) is 0. The summed E-state index contributed by atoms with van der Waals surface area (Å²) in [5, 5.41) is -6.06. The van der Waals surface area contributed by atoms with E-state index in [2.05, 4.69) is 0 Å². The van der Waals surface area contributed by atoms with E-state index in [1.165, 1.54) is 18.2 Å². The van der Waals surface area contributed by atoms with Crippen molar-refractivity contribution in [1.29, 1.82) is 0 Å². The molecule has 1 aliphatic rings. The first kappa shape index (κ1) is 14.1. The maximum absolute atomic E-state index is 14.5. The third-order valence-corrected chi connectivity index (χ3v) is 5.32. The third kappa shape index (κ3) is 2.18. The normalized spacial score (nSPS) is 27.0. The Kier molecular flexibility index (Phi) is 3.05. The van der Waals surface area contributed by atoms with E-state index < -0.39 is 30.5 Å². The van der Waals surface area contributed by atoms with Crippen molar-refractivity contribution in [3.05, 3.63) is 41.5 Å². The highest BCUT2D eigenvalue weighted by Crippen LogP contribution is 2.45. The molecule has 0 radical (unpaired) electrons. The van der Waals surface area contributed by atoms with E-state index in [-0.39, 0.29) is 11.1 Å². The maximum atomic E-state index is 14.5. The molecule has 0 saturated heterocycles. The molecule has 2 unspecified atom stereocenters. The molecule has 0 aliphatic heterocycles. The molecular formula is C10H9FO6S2. The van der Waals surface area contributed by atoms with Crippen LogP contribution in [0, 0.1) is 0 Å². The Morgan fingerprint density at radius 1 is 1.11 bits per heavy atom. The van der Waals surface area contributed by atoms with Crippen molar-refractivity contribution in [2.75, 3.05) is 0 Å². The van der Waals surface area contributed by atoms with E-state index >= 15 is 0 Å². The maximum Gasteiger partial charge on any atom is 0.306 e. The summed E-state index contributed by atoms with van der Waals surface area (Å²) in [5.74, 6) is 0. The van der Waals surface area contributed by atoms with Crippen LogP contribution < -0.4 is 0 Å². The highest BCUT2D eigenvalue weighted by Gasteiger charge is 2.57. The summed E-state index contributed by atoms with van der Waals surface area (Å²) in [6.07, 6.45) is 1.44. The first-order chi connectivity index (χ1) is 8.57. The SMILES string of the molecule is O=S(=O)(O)C1c2ccccc2C=CC1(F)S(=O)(=O)O. The van der Waals surface area contributed by atoms with Crippen LogP contribution in [0.25, 0.3) is 6.08 Å². The molecule has 0 bridgehead atoms. The van der Waals surface area contributed by atoms with Crippen LogP contribution in [0.4, 0.5) is 4.39 Å². The minimum absolute atomic E-state index is 0.238. The zero-order chi connectivity index (χ0) is 14.5. The Hall–Kier alpha value is -1.29. The van der Waals surface area contributed by atoms with Gasteiger partial charge < -0.3 is 0 Å². The molecule has 19 heavy (non-hydrogen) atoms. The van der Waals surface area contributed by atoms with Crippen LogP contribution in [-0.2, 0) is 20.2 Å². The van der Waals surface area contributed by atoms with E-state index in [1.54, 1.807) is 0 Å². The minimum atomic E-state index is -5.39. The van der Waals surface area contributed by atoms with Crippen LogP contribution in [0.1, 0.15) is 16.4 Å². The van der Waals surface area contributed by atoms with E-state index in [1.807, 2.05) is 0 Å². The highest BCUT2D eigenvalue weighted by atomic mass is 32.2. The number of hydrogen-bond donors (Lipinski definition) is 2. The summed E-state index contributed by atoms with van der Waals surface area (Å²) in [6.45, 7) is 0. The molecule has 1 aromatic carbocycles. The van der Waals surface area contributed by atoms with Gasteiger partial charge in [-0.05, 0) is 17.2 Å². The van der Waals surface area contributed by atoms with Gasteiger partial charge in [-0.1, -0.05) is 30.3 Å². The van der Waals surface area contributed by atoms with Gasteiger partial charge in [0.25, 0.3) is 15.1 Å². The van der Waals surface area contributed by atoms with E-state index in [0.717, 1.165) is 12.1 Å². The highest BCUT2D eigenvalue weighted by molar-refractivity contribution is 7.90. The first-order valence-corrected chi connectivity index (χ1v) is 7.92. The van der Waals surface area contributed by atoms with Crippen molar-refractivity contribution in [1.82, 2.24) is 0 Å². The van der Waals surface area contributed by atoms with Gasteiger partial charge >= 0.3 is 10.1 Å². The van der Waals surface area contributed by atoms with Gasteiger partial charge in [0.2, 0.25) is 0 Å². The molecule has 2 rings (SSSR count). The lowest BCUT2D eigenvalue weighted by Gasteiger charge is -2.30. The molecule has 2 N–H and O–H groups in total. The third-order valence-electron chi connectivity index (χ3n) is 2.82. The van der Waals surface area contributed by atoms with Gasteiger partial charge in [0.1, 0.15) is 0 Å². The van der Waals surface area contributed by atoms with Crippen molar-refractivity contribution in [3.63, 3.8) is 0 Å². The Morgan fingerprint density at radius 3 is 2.21 bits per heavy atom. The monoisotopic (exact) mass is 308 g/mol. The molecule has 0 spiro atoms. The number of halogens is 1. The predicted molar refractivity (Wildman–Crippen MR) is 65.2 cm³/mol. The molecule has 2 atom stereocenters. The fourth-order valence-corrected chi connectivity index (χ4v) is 4.38. The molecule has 0 amide bonds. The summed E-state index contributed by atoms with van der Waals surface area (Å²) in [5.41, 5.74) is -0.00493. The molecule has 0 fully saturated rings. The zero-order valence-electron chi connectivity index (χ0n) is 9.26. The number of fused-ring (bicyclic) bond motifs is 1. The van der Waals surface area contributed by atoms with Crippen LogP contribution in [0.2, 0.25) is 0 Å². The summed E-state index contributed by atoms with van der Waals surface area (Å²) in [6, 6.07) is 5.48. The van der Waals surface area contributed by atoms with E-state index in [9.17, 15) is 21.2 Å². The minimum Gasteiger partial charge on any atom is -0.285 e. The quantitative estimate of drug-likeness (QED) is 0.795. The second-order valence-electron chi connectivity index (χ2n) is 4.03. The molecule has 1 aliphatic carbocycles. The van der Waals surface area contributed by atoms with Crippen LogP contribution >= 0.6 is 0 Å². The lowest BCUT2D eigenvalue weighted by molar-refractivity contribution is 0.278. The molecule has 0 saturated carbocycles.